The average molecular weight is 544 g/mol. The molecule has 0 saturated carbocycles. The number of fused-ring (bicyclic) bond motifs is 5. The lowest BCUT2D eigenvalue weighted by atomic mass is 9.76. The number of para-hydroxylation sites is 2. The molecule has 1 fully saturated rings. The normalized spacial score (nSPS) is 20.7. The van der Waals surface area contributed by atoms with Gasteiger partial charge in [-0.3, -0.25) is 9.59 Å². The number of aromatic amines is 1. The van der Waals surface area contributed by atoms with Crippen molar-refractivity contribution in [1.82, 2.24) is 14.8 Å². The van der Waals surface area contributed by atoms with E-state index in [4.69, 9.17) is 21.1 Å². The minimum absolute atomic E-state index is 0.0412. The fourth-order valence-corrected chi connectivity index (χ4v) is 6.36. The molecule has 3 aromatic carbocycles. The van der Waals surface area contributed by atoms with Gasteiger partial charge in [-0.1, -0.05) is 54.1 Å². The van der Waals surface area contributed by atoms with E-state index < -0.39 is 5.54 Å². The topological polar surface area (TPSA) is 74.9 Å². The lowest BCUT2D eigenvalue weighted by Gasteiger charge is -2.51. The Morgan fingerprint density at radius 1 is 1.00 bits per heavy atom. The van der Waals surface area contributed by atoms with Crippen LogP contribution in [0.3, 0.4) is 0 Å². The Bertz CT molecular complexity index is 1580. The zero-order valence-electron chi connectivity index (χ0n) is 22.2. The van der Waals surface area contributed by atoms with Crippen LogP contribution in [0.15, 0.2) is 66.7 Å². The summed E-state index contributed by atoms with van der Waals surface area (Å²) >= 11 is 6.04. The predicted molar refractivity (Wildman–Crippen MR) is 150 cm³/mol. The highest BCUT2D eigenvalue weighted by atomic mass is 35.5. The van der Waals surface area contributed by atoms with Crippen molar-refractivity contribution in [3.63, 3.8) is 0 Å². The molecule has 0 unspecified atom stereocenters. The minimum atomic E-state index is -1.16. The highest BCUT2D eigenvalue weighted by Gasteiger charge is 2.56. The summed E-state index contributed by atoms with van der Waals surface area (Å²) in [6, 6.07) is 21.4. The third-order valence-corrected chi connectivity index (χ3v) is 8.46. The molecule has 0 aliphatic carbocycles. The van der Waals surface area contributed by atoms with E-state index in [0.717, 1.165) is 33.3 Å². The van der Waals surface area contributed by atoms with Gasteiger partial charge in [0.15, 0.2) is 17.0 Å². The summed E-state index contributed by atoms with van der Waals surface area (Å²) in [5.41, 5.74) is 3.50. The molecular formula is C31H30ClN3O4. The van der Waals surface area contributed by atoms with Crippen LogP contribution >= 0.6 is 11.6 Å². The molecule has 1 N–H and O–H groups in total. The lowest BCUT2D eigenvalue weighted by Crippen LogP contribution is -2.67. The van der Waals surface area contributed by atoms with Crippen molar-refractivity contribution < 1.29 is 19.1 Å². The van der Waals surface area contributed by atoms with E-state index in [-0.39, 0.29) is 24.3 Å². The van der Waals surface area contributed by atoms with Crippen molar-refractivity contribution in [2.24, 2.45) is 0 Å². The molecule has 0 spiro atoms. The molecule has 200 valence electrons. The second-order valence-corrected chi connectivity index (χ2v) is 10.7. The number of hydrogen-bond acceptors (Lipinski definition) is 4. The third kappa shape index (κ3) is 3.95. The highest BCUT2D eigenvalue weighted by Crippen LogP contribution is 2.50. The van der Waals surface area contributed by atoms with Crippen molar-refractivity contribution in [2.75, 3.05) is 33.9 Å². The molecule has 6 rings (SSSR count). The molecular weight excluding hydrogens is 514 g/mol. The first-order valence-electron chi connectivity index (χ1n) is 13.0. The van der Waals surface area contributed by atoms with Gasteiger partial charge in [0.25, 0.3) is 5.91 Å². The monoisotopic (exact) mass is 543 g/mol. The summed E-state index contributed by atoms with van der Waals surface area (Å²) in [4.78, 5) is 35.0. The van der Waals surface area contributed by atoms with Gasteiger partial charge in [0, 0.05) is 40.5 Å². The largest absolute Gasteiger partial charge is 0.493 e. The number of rotatable bonds is 6. The Morgan fingerprint density at radius 2 is 1.77 bits per heavy atom. The summed E-state index contributed by atoms with van der Waals surface area (Å²) in [6.45, 7) is 2.71. The first kappa shape index (κ1) is 25.3. The van der Waals surface area contributed by atoms with Crippen LogP contribution in [0.5, 0.6) is 11.5 Å². The van der Waals surface area contributed by atoms with E-state index in [1.807, 2.05) is 67.6 Å². The van der Waals surface area contributed by atoms with Crippen molar-refractivity contribution in [3.05, 3.63) is 94.1 Å². The van der Waals surface area contributed by atoms with Crippen LogP contribution < -0.4 is 9.47 Å². The maximum atomic E-state index is 14.3. The fraction of sp³-hybridized carbons (Fsp3) is 0.290. The molecule has 2 atom stereocenters. The van der Waals surface area contributed by atoms with Crippen molar-refractivity contribution in [1.29, 1.82) is 0 Å². The van der Waals surface area contributed by atoms with E-state index >= 15 is 0 Å². The van der Waals surface area contributed by atoms with Crippen molar-refractivity contribution in [3.8, 4) is 11.5 Å². The van der Waals surface area contributed by atoms with Crippen LogP contribution in [0.2, 0.25) is 5.02 Å². The van der Waals surface area contributed by atoms with E-state index in [0.29, 0.717) is 36.0 Å². The number of carbonyl (C=O) groups is 2. The molecule has 39 heavy (non-hydrogen) atoms. The molecule has 1 saturated heterocycles. The second-order valence-electron chi connectivity index (χ2n) is 10.3. The number of methoxy groups -OCH3 is 2. The van der Waals surface area contributed by atoms with E-state index in [2.05, 4.69) is 11.1 Å². The van der Waals surface area contributed by atoms with Gasteiger partial charge in [0.05, 0.1) is 26.5 Å². The van der Waals surface area contributed by atoms with Gasteiger partial charge in [0.2, 0.25) is 5.91 Å². The summed E-state index contributed by atoms with van der Waals surface area (Å²) in [5, 5.41) is 1.70. The van der Waals surface area contributed by atoms with E-state index in [1.165, 1.54) is 0 Å². The van der Waals surface area contributed by atoms with Crippen molar-refractivity contribution >= 4 is 34.3 Å². The summed E-state index contributed by atoms with van der Waals surface area (Å²) in [5.74, 6) is 0.875. The molecule has 4 aromatic rings. The van der Waals surface area contributed by atoms with Crippen LogP contribution in [-0.4, -0.2) is 60.5 Å². The van der Waals surface area contributed by atoms with Crippen LogP contribution in [0, 0.1) is 0 Å². The third-order valence-electron chi connectivity index (χ3n) is 8.21. The van der Waals surface area contributed by atoms with E-state index in [9.17, 15) is 9.59 Å². The molecule has 7 nitrogen and oxygen atoms in total. The Morgan fingerprint density at radius 3 is 2.51 bits per heavy atom. The molecule has 8 heteroatoms. The van der Waals surface area contributed by atoms with Crippen LogP contribution in [0.4, 0.5) is 0 Å². The molecule has 0 radical (unpaired) electrons. The number of amides is 2. The molecule has 1 aromatic heterocycles. The zero-order valence-corrected chi connectivity index (χ0v) is 22.9. The Labute approximate surface area is 232 Å². The van der Waals surface area contributed by atoms with Gasteiger partial charge in [-0.2, -0.15) is 0 Å². The summed E-state index contributed by atoms with van der Waals surface area (Å²) < 4.78 is 11.4. The van der Waals surface area contributed by atoms with E-state index in [1.54, 1.807) is 24.0 Å². The number of nitrogens with zero attached hydrogens (tertiary/aromatic N) is 2. The average Bonchev–Trinajstić information content (AvgIpc) is 3.35. The number of carbonyl (C=O) groups excluding carboxylic acids is 2. The zero-order chi connectivity index (χ0) is 27.3. The highest BCUT2D eigenvalue weighted by molar-refractivity contribution is 6.30. The van der Waals surface area contributed by atoms with Gasteiger partial charge in [-0.15, -0.1) is 0 Å². The SMILES string of the molecule is COc1cccc([C@@H]2CN3C(=O)CN(CCc4ccc(Cl)cc4)C(=O)[C@]3(C)c3[nH]c4ccccc4c32)c1OC. The van der Waals surface area contributed by atoms with Crippen LogP contribution in [0.1, 0.15) is 35.2 Å². The Kier molecular flexibility index (Phi) is 6.26. The molecule has 2 amide bonds. The first-order valence-corrected chi connectivity index (χ1v) is 13.4. The van der Waals surface area contributed by atoms with Gasteiger partial charge in [0.1, 0.15) is 0 Å². The Hall–Kier alpha value is -3.97. The van der Waals surface area contributed by atoms with Crippen molar-refractivity contribution in [2.45, 2.75) is 24.8 Å². The minimum Gasteiger partial charge on any atom is -0.493 e. The summed E-state index contributed by atoms with van der Waals surface area (Å²) in [6.07, 6.45) is 0.634. The number of hydrogen-bond donors (Lipinski definition) is 1. The van der Waals surface area contributed by atoms with Gasteiger partial charge >= 0.3 is 0 Å². The molecule has 2 aliphatic heterocycles. The quantitative estimate of drug-likeness (QED) is 0.366. The number of ether oxygens (including phenoxy) is 2. The maximum Gasteiger partial charge on any atom is 0.254 e. The molecule has 3 heterocycles. The van der Waals surface area contributed by atoms with Crippen LogP contribution in [0.25, 0.3) is 10.9 Å². The van der Waals surface area contributed by atoms with Gasteiger partial charge in [-0.25, -0.2) is 0 Å². The standard InChI is InChI=1S/C31H30ClN3O4/c1-31-29-27(22-7-4-5-9-24(22)33-29)23(21-8-6-10-25(38-2)28(21)39-3)17-35(31)26(36)18-34(30(31)37)16-15-19-11-13-20(32)14-12-19/h4-14,23,33H,15-18H2,1-3H3/t23-,31-/m0/s1. The summed E-state index contributed by atoms with van der Waals surface area (Å²) in [7, 11) is 3.24. The lowest BCUT2D eigenvalue weighted by molar-refractivity contribution is -0.166. The smallest absolute Gasteiger partial charge is 0.254 e. The Balaban J connectivity index is 1.46. The molecule has 2 aliphatic rings. The maximum absolute atomic E-state index is 14.3. The van der Waals surface area contributed by atoms with Crippen LogP contribution in [-0.2, 0) is 21.5 Å². The number of aromatic nitrogens is 1. The fourth-order valence-electron chi connectivity index (χ4n) is 6.24. The predicted octanol–water partition coefficient (Wildman–Crippen LogP) is 5.11. The van der Waals surface area contributed by atoms with Gasteiger partial charge < -0.3 is 24.3 Å². The number of piperazine rings is 1. The number of H-pyrrole nitrogens is 1. The number of nitrogens with one attached hydrogen (secondary N) is 1. The first-order chi connectivity index (χ1) is 18.9. The number of halogens is 1. The molecule has 0 bridgehead atoms. The number of benzene rings is 3. The van der Waals surface area contributed by atoms with Gasteiger partial charge in [-0.05, 0) is 48.7 Å². The second kappa shape index (κ2) is 9.65.